The van der Waals surface area contributed by atoms with E-state index in [0.29, 0.717) is 12.3 Å². The Morgan fingerprint density at radius 1 is 1.24 bits per heavy atom. The van der Waals surface area contributed by atoms with Crippen LogP contribution < -0.4 is 11.1 Å². The minimum atomic E-state index is 0.0276. The zero-order chi connectivity index (χ0) is 12.8. The number of benzene rings is 1. The van der Waals surface area contributed by atoms with Crippen molar-refractivity contribution < 1.29 is 4.79 Å². The normalized spacial score (nSPS) is 14.4. The average Bonchev–Trinajstić information content (AvgIpc) is 2.28. The minimum absolute atomic E-state index is 0.0276. The molecule has 0 unspecified atom stereocenters. The largest absolute Gasteiger partial charge is 0.327 e. The molecule has 0 saturated heterocycles. The van der Waals surface area contributed by atoms with E-state index >= 15 is 0 Å². The molecule has 0 aliphatic carbocycles. The molecule has 17 heavy (non-hydrogen) atoms. The third-order valence-electron chi connectivity index (χ3n) is 2.99. The van der Waals surface area contributed by atoms with Gasteiger partial charge in [-0.2, -0.15) is 0 Å². The van der Waals surface area contributed by atoms with Gasteiger partial charge in [0.2, 0.25) is 5.91 Å². The van der Waals surface area contributed by atoms with E-state index in [1.807, 2.05) is 37.3 Å². The Morgan fingerprint density at radius 3 is 2.35 bits per heavy atom. The second kappa shape index (κ2) is 6.40. The highest BCUT2D eigenvalue weighted by Crippen LogP contribution is 2.15. The highest BCUT2D eigenvalue weighted by molar-refractivity contribution is 5.90. The Bertz CT molecular complexity index is 348. The first-order valence-corrected chi connectivity index (χ1v) is 6.11. The number of hydrogen-bond acceptors (Lipinski definition) is 2. The van der Waals surface area contributed by atoms with Gasteiger partial charge in [-0.25, -0.2) is 0 Å². The molecule has 0 saturated carbocycles. The summed E-state index contributed by atoms with van der Waals surface area (Å²) in [4.78, 5) is 11.8. The summed E-state index contributed by atoms with van der Waals surface area (Å²) in [5, 5.41) is 2.87. The first-order chi connectivity index (χ1) is 8.00. The molecular weight excluding hydrogens is 212 g/mol. The summed E-state index contributed by atoms with van der Waals surface area (Å²) in [6.45, 7) is 6.18. The summed E-state index contributed by atoms with van der Waals surface area (Å²) >= 11 is 0. The van der Waals surface area contributed by atoms with E-state index in [1.54, 1.807) is 0 Å². The van der Waals surface area contributed by atoms with Gasteiger partial charge < -0.3 is 11.1 Å². The maximum absolute atomic E-state index is 11.8. The zero-order valence-corrected chi connectivity index (χ0v) is 10.8. The fourth-order valence-corrected chi connectivity index (χ4v) is 1.82. The lowest BCUT2D eigenvalue weighted by Gasteiger charge is -2.22. The molecule has 3 N–H and O–H groups in total. The van der Waals surface area contributed by atoms with Crippen molar-refractivity contribution in [3.05, 3.63) is 30.3 Å². The molecule has 94 valence electrons. The molecule has 1 rings (SSSR count). The van der Waals surface area contributed by atoms with Crippen LogP contribution in [-0.2, 0) is 4.79 Å². The summed E-state index contributed by atoms with van der Waals surface area (Å²) in [6.07, 6.45) is 0.467. The average molecular weight is 234 g/mol. The van der Waals surface area contributed by atoms with Gasteiger partial charge in [0.25, 0.3) is 0 Å². The second-order valence-electron chi connectivity index (χ2n) is 4.92. The van der Waals surface area contributed by atoms with Gasteiger partial charge in [0, 0.05) is 18.2 Å². The van der Waals surface area contributed by atoms with Crippen LogP contribution in [0.25, 0.3) is 0 Å². The number of hydrogen-bond donors (Lipinski definition) is 2. The topological polar surface area (TPSA) is 55.1 Å². The van der Waals surface area contributed by atoms with Crippen molar-refractivity contribution in [1.29, 1.82) is 0 Å². The van der Waals surface area contributed by atoms with Crippen LogP contribution >= 0.6 is 0 Å². The number of nitrogens with two attached hydrogens (primary N) is 1. The number of nitrogens with one attached hydrogen (secondary N) is 1. The van der Waals surface area contributed by atoms with E-state index in [-0.39, 0.29) is 17.9 Å². The number of para-hydroxylation sites is 1. The van der Waals surface area contributed by atoms with E-state index in [0.717, 1.165) is 5.69 Å². The SMILES string of the molecule is CC(C)[C@H](N)[C@@H](C)CC(=O)Nc1ccccc1. The molecule has 3 nitrogen and oxygen atoms in total. The molecule has 0 heterocycles. The van der Waals surface area contributed by atoms with Gasteiger partial charge in [0.15, 0.2) is 0 Å². The summed E-state index contributed by atoms with van der Waals surface area (Å²) in [7, 11) is 0. The van der Waals surface area contributed by atoms with Crippen LogP contribution in [0.5, 0.6) is 0 Å². The number of rotatable bonds is 5. The maximum Gasteiger partial charge on any atom is 0.224 e. The van der Waals surface area contributed by atoms with Gasteiger partial charge in [-0.05, 0) is 24.0 Å². The van der Waals surface area contributed by atoms with Crippen molar-refractivity contribution in [2.45, 2.75) is 33.2 Å². The number of anilines is 1. The Kier molecular flexibility index (Phi) is 5.16. The summed E-state index contributed by atoms with van der Waals surface area (Å²) < 4.78 is 0. The highest BCUT2D eigenvalue weighted by atomic mass is 16.1. The summed E-state index contributed by atoms with van der Waals surface area (Å²) in [6, 6.07) is 9.55. The zero-order valence-electron chi connectivity index (χ0n) is 10.8. The molecule has 1 aromatic carbocycles. The van der Waals surface area contributed by atoms with Crippen LogP contribution in [0.15, 0.2) is 30.3 Å². The number of carbonyl (C=O) groups is 1. The van der Waals surface area contributed by atoms with Crippen molar-refractivity contribution in [3.8, 4) is 0 Å². The predicted octanol–water partition coefficient (Wildman–Crippen LogP) is 2.63. The van der Waals surface area contributed by atoms with E-state index in [9.17, 15) is 4.79 Å². The van der Waals surface area contributed by atoms with Crippen LogP contribution in [0, 0.1) is 11.8 Å². The molecule has 0 spiro atoms. The van der Waals surface area contributed by atoms with Crippen molar-refractivity contribution in [2.24, 2.45) is 17.6 Å². The minimum Gasteiger partial charge on any atom is -0.327 e. The van der Waals surface area contributed by atoms with Crippen LogP contribution in [0.2, 0.25) is 0 Å². The molecule has 0 fully saturated rings. The van der Waals surface area contributed by atoms with Gasteiger partial charge in [-0.1, -0.05) is 39.0 Å². The first kappa shape index (κ1) is 13.7. The molecule has 0 aromatic heterocycles. The third-order valence-corrected chi connectivity index (χ3v) is 2.99. The Morgan fingerprint density at radius 2 is 1.82 bits per heavy atom. The molecule has 0 aliphatic heterocycles. The van der Waals surface area contributed by atoms with Gasteiger partial charge >= 0.3 is 0 Å². The van der Waals surface area contributed by atoms with Crippen LogP contribution in [-0.4, -0.2) is 11.9 Å². The molecular formula is C14H22N2O. The number of amides is 1. The van der Waals surface area contributed by atoms with Crippen molar-refractivity contribution >= 4 is 11.6 Å². The van der Waals surface area contributed by atoms with Crippen molar-refractivity contribution in [2.75, 3.05) is 5.32 Å². The number of carbonyl (C=O) groups excluding carboxylic acids is 1. The lowest BCUT2D eigenvalue weighted by atomic mass is 9.90. The standard InChI is InChI=1S/C14H22N2O/c1-10(2)14(15)11(3)9-13(17)16-12-7-5-4-6-8-12/h4-8,10-11,14H,9,15H2,1-3H3,(H,16,17)/t11-,14-/m0/s1. The fraction of sp³-hybridized carbons (Fsp3) is 0.500. The Balaban J connectivity index is 2.45. The molecule has 3 heteroatoms. The summed E-state index contributed by atoms with van der Waals surface area (Å²) in [5.74, 6) is 0.619. The smallest absolute Gasteiger partial charge is 0.224 e. The van der Waals surface area contributed by atoms with E-state index in [2.05, 4.69) is 19.2 Å². The lowest BCUT2D eigenvalue weighted by molar-refractivity contribution is -0.117. The van der Waals surface area contributed by atoms with Gasteiger partial charge in [-0.3, -0.25) is 4.79 Å². The molecule has 1 amide bonds. The van der Waals surface area contributed by atoms with Crippen LogP contribution in [0.3, 0.4) is 0 Å². The first-order valence-electron chi connectivity index (χ1n) is 6.11. The molecule has 0 bridgehead atoms. The molecule has 0 radical (unpaired) electrons. The highest BCUT2D eigenvalue weighted by Gasteiger charge is 2.19. The molecule has 2 atom stereocenters. The van der Waals surface area contributed by atoms with Crippen molar-refractivity contribution in [1.82, 2.24) is 0 Å². The predicted molar refractivity (Wildman–Crippen MR) is 71.7 cm³/mol. The quantitative estimate of drug-likeness (QED) is 0.823. The second-order valence-corrected chi connectivity index (χ2v) is 4.92. The van der Waals surface area contributed by atoms with Crippen LogP contribution in [0.1, 0.15) is 27.2 Å². The summed E-state index contributed by atoms with van der Waals surface area (Å²) in [5.41, 5.74) is 6.86. The van der Waals surface area contributed by atoms with Gasteiger partial charge in [0.1, 0.15) is 0 Å². The molecule has 1 aromatic rings. The van der Waals surface area contributed by atoms with E-state index in [4.69, 9.17) is 5.73 Å². The lowest BCUT2D eigenvalue weighted by Crippen LogP contribution is -2.35. The third kappa shape index (κ3) is 4.57. The molecule has 0 aliphatic rings. The Labute approximate surface area is 103 Å². The van der Waals surface area contributed by atoms with Crippen molar-refractivity contribution in [3.63, 3.8) is 0 Å². The maximum atomic E-state index is 11.8. The van der Waals surface area contributed by atoms with Gasteiger partial charge in [0.05, 0.1) is 0 Å². The van der Waals surface area contributed by atoms with Crippen LogP contribution in [0.4, 0.5) is 5.69 Å². The van der Waals surface area contributed by atoms with E-state index < -0.39 is 0 Å². The Hall–Kier alpha value is -1.35. The van der Waals surface area contributed by atoms with E-state index in [1.165, 1.54) is 0 Å². The monoisotopic (exact) mass is 234 g/mol. The fourth-order valence-electron chi connectivity index (χ4n) is 1.82. The van der Waals surface area contributed by atoms with Gasteiger partial charge in [-0.15, -0.1) is 0 Å².